The number of hydrogen-bond donors (Lipinski definition) is 2. The summed E-state index contributed by atoms with van der Waals surface area (Å²) in [6.45, 7) is 5.92. The van der Waals surface area contributed by atoms with Crippen molar-refractivity contribution in [2.75, 3.05) is 12.3 Å². The van der Waals surface area contributed by atoms with Crippen molar-refractivity contribution in [3.05, 3.63) is 42.2 Å². The number of nitrogen functional groups attached to an aromatic ring is 1. The van der Waals surface area contributed by atoms with Crippen molar-refractivity contribution in [3.63, 3.8) is 0 Å². The van der Waals surface area contributed by atoms with Crippen molar-refractivity contribution in [2.45, 2.75) is 19.4 Å². The van der Waals surface area contributed by atoms with E-state index in [2.05, 4.69) is 6.58 Å². The molecule has 15 heavy (non-hydrogen) atoms. The van der Waals surface area contributed by atoms with Gasteiger partial charge in [-0.3, -0.25) is 0 Å². The van der Waals surface area contributed by atoms with E-state index < -0.39 is 0 Å². The molecular weight excluding hydrogens is 190 g/mol. The second kappa shape index (κ2) is 5.41. The lowest BCUT2D eigenvalue weighted by atomic mass is 10.1. The molecule has 1 atom stereocenters. The van der Waals surface area contributed by atoms with Crippen LogP contribution >= 0.6 is 0 Å². The van der Waals surface area contributed by atoms with Crippen molar-refractivity contribution >= 4 is 5.69 Å². The minimum Gasteiger partial charge on any atom is -0.510 e. The van der Waals surface area contributed by atoms with Crippen LogP contribution in [-0.4, -0.2) is 17.8 Å². The van der Waals surface area contributed by atoms with Crippen LogP contribution in [0.25, 0.3) is 0 Å². The molecule has 1 rings (SSSR count). The summed E-state index contributed by atoms with van der Waals surface area (Å²) in [5, 5.41) is 9.32. The molecule has 3 heteroatoms. The van der Waals surface area contributed by atoms with Gasteiger partial charge in [-0.1, -0.05) is 18.7 Å². The first kappa shape index (κ1) is 11.6. The Hall–Kier alpha value is -1.48. The van der Waals surface area contributed by atoms with E-state index >= 15 is 0 Å². The Kier molecular flexibility index (Phi) is 4.18. The second-order valence-electron chi connectivity index (χ2n) is 3.38. The maximum Gasteiger partial charge on any atom is 0.118 e. The predicted molar refractivity (Wildman–Crippen MR) is 61.7 cm³/mol. The van der Waals surface area contributed by atoms with Crippen molar-refractivity contribution in [3.8, 4) is 0 Å². The first-order valence-corrected chi connectivity index (χ1v) is 4.97. The third-order valence-corrected chi connectivity index (χ3v) is 2.11. The van der Waals surface area contributed by atoms with Gasteiger partial charge >= 0.3 is 0 Å². The smallest absolute Gasteiger partial charge is 0.118 e. The van der Waals surface area contributed by atoms with Crippen LogP contribution in [0.4, 0.5) is 5.69 Å². The van der Waals surface area contributed by atoms with Crippen LogP contribution in [-0.2, 0) is 11.2 Å². The largest absolute Gasteiger partial charge is 0.510 e. The molecule has 0 spiro atoms. The summed E-state index contributed by atoms with van der Waals surface area (Å²) in [6, 6.07) is 7.53. The van der Waals surface area contributed by atoms with E-state index in [1.807, 2.05) is 31.2 Å². The molecule has 3 nitrogen and oxygen atoms in total. The molecule has 0 heterocycles. The topological polar surface area (TPSA) is 55.5 Å². The summed E-state index contributed by atoms with van der Waals surface area (Å²) in [6.07, 6.45) is 0.241. The van der Waals surface area contributed by atoms with Gasteiger partial charge in [-0.25, -0.2) is 0 Å². The predicted octanol–water partition coefficient (Wildman–Crippen LogP) is 2.29. The quantitative estimate of drug-likeness (QED) is 0.575. The van der Waals surface area contributed by atoms with Gasteiger partial charge in [0.1, 0.15) is 11.9 Å². The Morgan fingerprint density at radius 2 is 2.33 bits per heavy atom. The first-order valence-electron chi connectivity index (χ1n) is 4.97. The SMILES string of the molecule is C=C(O)C(Cc1cccc(N)c1)OCC. The lowest BCUT2D eigenvalue weighted by Gasteiger charge is -2.15. The highest BCUT2D eigenvalue weighted by atomic mass is 16.5. The summed E-state index contributed by atoms with van der Waals surface area (Å²) in [5.41, 5.74) is 7.40. The fraction of sp³-hybridized carbons (Fsp3) is 0.333. The second-order valence-corrected chi connectivity index (χ2v) is 3.38. The van der Waals surface area contributed by atoms with Gasteiger partial charge in [0.05, 0.1) is 0 Å². The molecule has 1 unspecified atom stereocenters. The molecule has 3 N–H and O–H groups in total. The molecular formula is C12H17NO2. The van der Waals surface area contributed by atoms with Crippen LogP contribution in [0.3, 0.4) is 0 Å². The maximum atomic E-state index is 9.32. The average Bonchev–Trinajstić information content (AvgIpc) is 2.17. The van der Waals surface area contributed by atoms with Crippen molar-refractivity contribution in [2.24, 2.45) is 0 Å². The molecule has 0 amide bonds. The standard InChI is InChI=1S/C12H17NO2/c1-3-15-12(9(2)14)8-10-5-4-6-11(13)7-10/h4-7,12,14H,2-3,8,13H2,1H3. The van der Waals surface area contributed by atoms with E-state index in [-0.39, 0.29) is 11.9 Å². The Morgan fingerprint density at radius 3 is 2.87 bits per heavy atom. The zero-order valence-electron chi connectivity index (χ0n) is 8.94. The number of aliphatic hydroxyl groups excluding tert-OH is 1. The third kappa shape index (κ3) is 3.64. The van der Waals surface area contributed by atoms with Gasteiger partial charge in [-0.05, 0) is 24.6 Å². The molecule has 0 aliphatic heterocycles. The fourth-order valence-electron chi connectivity index (χ4n) is 1.41. The van der Waals surface area contributed by atoms with E-state index in [0.29, 0.717) is 18.7 Å². The average molecular weight is 207 g/mol. The third-order valence-electron chi connectivity index (χ3n) is 2.11. The van der Waals surface area contributed by atoms with Gasteiger partial charge in [0, 0.05) is 18.7 Å². The van der Waals surface area contributed by atoms with E-state index in [1.54, 1.807) is 0 Å². The fourth-order valence-corrected chi connectivity index (χ4v) is 1.41. The Balaban J connectivity index is 2.69. The van der Waals surface area contributed by atoms with E-state index in [0.717, 1.165) is 5.56 Å². The van der Waals surface area contributed by atoms with Crippen LogP contribution in [0.1, 0.15) is 12.5 Å². The highest BCUT2D eigenvalue weighted by molar-refractivity contribution is 5.40. The lowest BCUT2D eigenvalue weighted by molar-refractivity contribution is 0.0590. The van der Waals surface area contributed by atoms with Crippen molar-refractivity contribution in [1.29, 1.82) is 0 Å². The van der Waals surface area contributed by atoms with Gasteiger partial charge in [-0.2, -0.15) is 0 Å². The normalized spacial score (nSPS) is 12.3. The molecule has 1 aromatic rings. The summed E-state index contributed by atoms with van der Waals surface area (Å²) in [4.78, 5) is 0. The summed E-state index contributed by atoms with van der Waals surface area (Å²) in [5.74, 6) is 0.0549. The molecule has 0 aromatic heterocycles. The summed E-state index contributed by atoms with van der Waals surface area (Å²) < 4.78 is 5.36. The van der Waals surface area contributed by atoms with Crippen LogP contribution in [0, 0.1) is 0 Å². The molecule has 82 valence electrons. The molecule has 1 aromatic carbocycles. The van der Waals surface area contributed by atoms with E-state index in [4.69, 9.17) is 10.5 Å². The number of benzene rings is 1. The van der Waals surface area contributed by atoms with Crippen LogP contribution in [0.2, 0.25) is 0 Å². The minimum absolute atomic E-state index is 0.0549. The van der Waals surface area contributed by atoms with Crippen molar-refractivity contribution < 1.29 is 9.84 Å². The molecule has 0 saturated carbocycles. The van der Waals surface area contributed by atoms with Gasteiger partial charge in [0.2, 0.25) is 0 Å². The van der Waals surface area contributed by atoms with Gasteiger partial charge in [0.15, 0.2) is 0 Å². The van der Waals surface area contributed by atoms with Gasteiger partial charge in [0.25, 0.3) is 0 Å². The number of ether oxygens (including phenoxy) is 1. The van der Waals surface area contributed by atoms with Gasteiger partial charge in [-0.15, -0.1) is 0 Å². The number of aliphatic hydroxyl groups is 1. The lowest BCUT2D eigenvalue weighted by Crippen LogP contribution is -2.18. The number of anilines is 1. The van der Waals surface area contributed by atoms with Crippen molar-refractivity contribution in [1.82, 2.24) is 0 Å². The maximum absolute atomic E-state index is 9.32. The van der Waals surface area contributed by atoms with E-state index in [9.17, 15) is 5.11 Å². The molecule has 0 radical (unpaired) electrons. The van der Waals surface area contributed by atoms with Crippen LogP contribution in [0.5, 0.6) is 0 Å². The zero-order valence-corrected chi connectivity index (χ0v) is 8.94. The summed E-state index contributed by atoms with van der Waals surface area (Å²) >= 11 is 0. The Morgan fingerprint density at radius 1 is 1.60 bits per heavy atom. The van der Waals surface area contributed by atoms with Crippen LogP contribution in [0.15, 0.2) is 36.6 Å². The number of rotatable bonds is 5. The first-order chi connectivity index (χ1) is 7.13. The van der Waals surface area contributed by atoms with Gasteiger partial charge < -0.3 is 15.6 Å². The number of hydrogen-bond acceptors (Lipinski definition) is 3. The monoisotopic (exact) mass is 207 g/mol. The minimum atomic E-state index is -0.350. The molecule has 0 bridgehead atoms. The zero-order chi connectivity index (χ0) is 11.3. The number of nitrogens with two attached hydrogens (primary N) is 1. The molecule has 0 saturated heterocycles. The highest BCUT2D eigenvalue weighted by Gasteiger charge is 2.12. The molecule has 0 aliphatic carbocycles. The Bertz CT molecular complexity index is 336. The molecule has 0 fully saturated rings. The highest BCUT2D eigenvalue weighted by Crippen LogP contribution is 2.13. The summed E-state index contributed by atoms with van der Waals surface area (Å²) in [7, 11) is 0. The Labute approximate surface area is 90.2 Å². The molecule has 0 aliphatic rings. The van der Waals surface area contributed by atoms with Crippen LogP contribution < -0.4 is 5.73 Å². The van der Waals surface area contributed by atoms with E-state index in [1.165, 1.54) is 0 Å².